The Morgan fingerprint density at radius 1 is 1.47 bits per heavy atom. The molecule has 4 heteroatoms. The Hall–Kier alpha value is -0.580. The molecule has 2 saturated heterocycles. The molecule has 0 aliphatic carbocycles. The summed E-state index contributed by atoms with van der Waals surface area (Å²) in [6.07, 6.45) is 3.76. The van der Waals surface area contributed by atoms with E-state index in [0.717, 1.165) is 30.0 Å². The average Bonchev–Trinajstić information content (AvgIpc) is 2.86. The highest BCUT2D eigenvalue weighted by atomic mass is 79.9. The zero-order chi connectivity index (χ0) is 13.3. The van der Waals surface area contributed by atoms with E-state index in [1.807, 2.05) is 6.07 Å². The highest BCUT2D eigenvalue weighted by molar-refractivity contribution is 9.10. The predicted molar refractivity (Wildman–Crippen MR) is 78.8 cm³/mol. The third kappa shape index (κ3) is 2.54. The molecule has 0 saturated carbocycles. The molecule has 1 N–H and O–H groups in total. The van der Waals surface area contributed by atoms with Crippen molar-refractivity contribution in [1.29, 1.82) is 0 Å². The van der Waals surface area contributed by atoms with Gasteiger partial charge in [0.1, 0.15) is 5.75 Å². The predicted octanol–water partition coefficient (Wildman–Crippen LogP) is 2.87. The highest BCUT2D eigenvalue weighted by Gasteiger charge is 2.42. The van der Waals surface area contributed by atoms with Crippen LogP contribution in [0.2, 0.25) is 0 Å². The molecule has 2 fully saturated rings. The summed E-state index contributed by atoms with van der Waals surface area (Å²) in [7, 11) is 1.70. The minimum Gasteiger partial charge on any atom is -0.496 e. The molecule has 2 aliphatic rings. The second-order valence-corrected chi connectivity index (χ2v) is 6.47. The third-order valence-corrected chi connectivity index (χ3v) is 4.94. The molecule has 1 aromatic rings. The Balaban J connectivity index is 1.82. The van der Waals surface area contributed by atoms with E-state index in [4.69, 9.17) is 9.47 Å². The summed E-state index contributed by atoms with van der Waals surface area (Å²) in [6.45, 7) is 2.84. The van der Waals surface area contributed by atoms with E-state index < -0.39 is 0 Å². The van der Waals surface area contributed by atoms with Crippen molar-refractivity contribution in [1.82, 2.24) is 5.32 Å². The van der Waals surface area contributed by atoms with Gasteiger partial charge in [-0.2, -0.15) is 0 Å². The zero-order valence-corrected chi connectivity index (χ0v) is 12.8. The zero-order valence-electron chi connectivity index (χ0n) is 11.2. The standard InChI is InChI=1S/C15H20BrNO2/c1-18-14-5-4-11(7-13(14)16)15(9-19-10-15)8-12-3-2-6-17-12/h4-5,7,12,17H,2-3,6,8-10H2,1H3. The lowest BCUT2D eigenvalue weighted by atomic mass is 9.73. The largest absolute Gasteiger partial charge is 0.496 e. The molecule has 104 valence electrons. The van der Waals surface area contributed by atoms with E-state index in [2.05, 4.69) is 33.4 Å². The maximum atomic E-state index is 5.53. The normalized spacial score (nSPS) is 25.1. The smallest absolute Gasteiger partial charge is 0.133 e. The number of ether oxygens (including phenoxy) is 2. The quantitative estimate of drug-likeness (QED) is 0.923. The molecule has 0 radical (unpaired) electrons. The molecule has 1 aromatic carbocycles. The van der Waals surface area contributed by atoms with Crippen LogP contribution in [-0.2, 0) is 10.2 Å². The minimum atomic E-state index is 0.191. The van der Waals surface area contributed by atoms with E-state index in [-0.39, 0.29) is 5.41 Å². The number of hydrogen-bond acceptors (Lipinski definition) is 3. The van der Waals surface area contributed by atoms with Crippen molar-refractivity contribution in [2.75, 3.05) is 26.9 Å². The molecule has 0 aromatic heterocycles. The van der Waals surface area contributed by atoms with Crippen LogP contribution in [0.15, 0.2) is 22.7 Å². The maximum absolute atomic E-state index is 5.53. The van der Waals surface area contributed by atoms with E-state index in [9.17, 15) is 0 Å². The minimum absolute atomic E-state index is 0.191. The third-order valence-electron chi connectivity index (χ3n) is 4.32. The van der Waals surface area contributed by atoms with E-state index in [1.165, 1.54) is 24.8 Å². The van der Waals surface area contributed by atoms with Crippen LogP contribution in [0.1, 0.15) is 24.8 Å². The van der Waals surface area contributed by atoms with Gasteiger partial charge in [0.2, 0.25) is 0 Å². The molecule has 2 heterocycles. The Bertz CT molecular complexity index is 453. The van der Waals surface area contributed by atoms with Crippen LogP contribution in [0.25, 0.3) is 0 Å². The van der Waals surface area contributed by atoms with E-state index in [0.29, 0.717) is 6.04 Å². The average molecular weight is 326 g/mol. The highest BCUT2D eigenvalue weighted by Crippen LogP contribution is 2.40. The van der Waals surface area contributed by atoms with Gasteiger partial charge in [-0.25, -0.2) is 0 Å². The first-order valence-corrected chi connectivity index (χ1v) is 7.68. The first-order valence-electron chi connectivity index (χ1n) is 6.89. The van der Waals surface area contributed by atoms with Crippen molar-refractivity contribution in [3.8, 4) is 5.75 Å². The fourth-order valence-electron chi connectivity index (χ4n) is 3.15. The molecule has 1 atom stereocenters. The number of hydrogen-bond donors (Lipinski definition) is 1. The summed E-state index contributed by atoms with van der Waals surface area (Å²) in [6, 6.07) is 7.06. The Kier molecular flexibility index (Phi) is 3.83. The summed E-state index contributed by atoms with van der Waals surface area (Å²) in [5.74, 6) is 0.887. The van der Waals surface area contributed by atoms with Gasteiger partial charge in [0.15, 0.2) is 0 Å². The number of methoxy groups -OCH3 is 1. The van der Waals surface area contributed by atoms with Crippen molar-refractivity contribution in [2.45, 2.75) is 30.7 Å². The molecule has 0 spiro atoms. The maximum Gasteiger partial charge on any atom is 0.133 e. The van der Waals surface area contributed by atoms with Crippen molar-refractivity contribution in [3.63, 3.8) is 0 Å². The first-order chi connectivity index (χ1) is 9.23. The van der Waals surface area contributed by atoms with Gasteiger partial charge in [0, 0.05) is 11.5 Å². The monoisotopic (exact) mass is 325 g/mol. The van der Waals surface area contributed by atoms with Crippen molar-refractivity contribution >= 4 is 15.9 Å². The second kappa shape index (κ2) is 5.43. The molecular weight excluding hydrogens is 306 g/mol. The van der Waals surface area contributed by atoms with Gasteiger partial charge < -0.3 is 14.8 Å². The number of benzene rings is 1. The molecule has 3 rings (SSSR count). The van der Waals surface area contributed by atoms with Crippen LogP contribution in [0.3, 0.4) is 0 Å². The van der Waals surface area contributed by atoms with E-state index in [1.54, 1.807) is 7.11 Å². The lowest BCUT2D eigenvalue weighted by molar-refractivity contribution is -0.0679. The van der Waals surface area contributed by atoms with Gasteiger partial charge in [-0.1, -0.05) is 6.07 Å². The van der Waals surface area contributed by atoms with Crippen LogP contribution in [0.4, 0.5) is 0 Å². The van der Waals surface area contributed by atoms with Gasteiger partial charge in [0.25, 0.3) is 0 Å². The van der Waals surface area contributed by atoms with Crippen LogP contribution in [0, 0.1) is 0 Å². The van der Waals surface area contributed by atoms with Gasteiger partial charge in [0.05, 0.1) is 24.8 Å². The molecule has 0 amide bonds. The van der Waals surface area contributed by atoms with Crippen LogP contribution < -0.4 is 10.1 Å². The van der Waals surface area contributed by atoms with E-state index >= 15 is 0 Å². The topological polar surface area (TPSA) is 30.5 Å². The molecule has 19 heavy (non-hydrogen) atoms. The number of rotatable bonds is 4. The van der Waals surface area contributed by atoms with Crippen molar-refractivity contribution in [3.05, 3.63) is 28.2 Å². The lowest BCUT2D eigenvalue weighted by Crippen LogP contribution is -2.50. The van der Waals surface area contributed by atoms with Crippen LogP contribution in [0.5, 0.6) is 5.75 Å². The fourth-order valence-corrected chi connectivity index (χ4v) is 3.69. The molecule has 0 bridgehead atoms. The SMILES string of the molecule is COc1ccc(C2(CC3CCCN3)COC2)cc1Br. The molecule has 2 aliphatic heterocycles. The van der Waals surface area contributed by atoms with Gasteiger partial charge >= 0.3 is 0 Å². The molecular formula is C15H20BrNO2. The first kappa shape index (κ1) is 13.4. The number of nitrogens with one attached hydrogen (secondary N) is 1. The molecule has 1 unspecified atom stereocenters. The summed E-state index contributed by atoms with van der Waals surface area (Å²) in [5, 5.41) is 3.60. The van der Waals surface area contributed by atoms with Gasteiger partial charge in [-0.15, -0.1) is 0 Å². The second-order valence-electron chi connectivity index (χ2n) is 5.62. The summed E-state index contributed by atoms with van der Waals surface area (Å²) in [5.41, 5.74) is 1.55. The van der Waals surface area contributed by atoms with Crippen LogP contribution >= 0.6 is 15.9 Å². The Morgan fingerprint density at radius 2 is 2.32 bits per heavy atom. The van der Waals surface area contributed by atoms with Crippen molar-refractivity contribution in [2.24, 2.45) is 0 Å². The number of halogens is 1. The summed E-state index contributed by atoms with van der Waals surface area (Å²) < 4.78 is 11.9. The van der Waals surface area contributed by atoms with Crippen molar-refractivity contribution < 1.29 is 9.47 Å². The Labute approximate surface area is 122 Å². The summed E-state index contributed by atoms with van der Waals surface area (Å²) >= 11 is 3.58. The Morgan fingerprint density at radius 3 is 2.84 bits per heavy atom. The van der Waals surface area contributed by atoms with Gasteiger partial charge in [-0.05, 0) is 59.4 Å². The fraction of sp³-hybridized carbons (Fsp3) is 0.600. The van der Waals surface area contributed by atoms with Crippen LogP contribution in [-0.4, -0.2) is 32.9 Å². The molecule has 3 nitrogen and oxygen atoms in total. The van der Waals surface area contributed by atoms with Gasteiger partial charge in [-0.3, -0.25) is 0 Å². The lowest BCUT2D eigenvalue weighted by Gasteiger charge is -2.43. The summed E-state index contributed by atoms with van der Waals surface area (Å²) in [4.78, 5) is 0.